The highest BCUT2D eigenvalue weighted by Crippen LogP contribution is 1.83. The first-order chi connectivity index (χ1) is 5.81. The van der Waals surface area contributed by atoms with Crippen molar-refractivity contribution in [2.75, 3.05) is 19.7 Å². The van der Waals surface area contributed by atoms with Gasteiger partial charge in [0.05, 0.1) is 13.0 Å². The van der Waals surface area contributed by atoms with E-state index in [1.54, 1.807) is 0 Å². The molecule has 0 amide bonds. The van der Waals surface area contributed by atoms with Crippen molar-refractivity contribution in [2.24, 2.45) is 0 Å². The Morgan fingerprint density at radius 2 is 2.33 bits per heavy atom. The third kappa shape index (κ3) is 7.28. The highest BCUT2D eigenvalue weighted by Gasteiger charge is 1.98. The molecule has 0 spiro atoms. The van der Waals surface area contributed by atoms with Crippen molar-refractivity contribution in [1.29, 1.82) is 0 Å². The van der Waals surface area contributed by atoms with Crippen LogP contribution >= 0.6 is 0 Å². The van der Waals surface area contributed by atoms with E-state index in [2.05, 4.69) is 5.32 Å². The van der Waals surface area contributed by atoms with Gasteiger partial charge in [0.1, 0.15) is 0 Å². The van der Waals surface area contributed by atoms with Crippen molar-refractivity contribution in [1.82, 2.24) is 5.32 Å². The molecule has 0 rings (SSSR count). The Kier molecular flexibility index (Phi) is 7.70. The van der Waals surface area contributed by atoms with Crippen molar-refractivity contribution in [3.05, 3.63) is 12.2 Å². The molecule has 1 N–H and O–H groups in total. The third-order valence-corrected chi connectivity index (χ3v) is 1.31. The lowest BCUT2D eigenvalue weighted by atomic mass is 10.4. The van der Waals surface area contributed by atoms with Gasteiger partial charge < -0.3 is 10.1 Å². The van der Waals surface area contributed by atoms with Crippen LogP contribution in [0, 0.1) is 0 Å². The smallest absolute Gasteiger partial charge is 0.307 e. The predicted molar refractivity (Wildman–Crippen MR) is 48.9 cm³/mol. The average Bonchev–Trinajstić information content (AvgIpc) is 2.05. The number of esters is 1. The fourth-order valence-corrected chi connectivity index (χ4v) is 0.727. The van der Waals surface area contributed by atoms with Gasteiger partial charge in [-0.15, -0.1) is 0 Å². The number of rotatable bonds is 6. The molecule has 0 aliphatic carbocycles. The average molecular weight is 171 g/mol. The maximum atomic E-state index is 10.8. The summed E-state index contributed by atoms with van der Waals surface area (Å²) in [4.78, 5) is 10.8. The molecule has 70 valence electrons. The zero-order chi connectivity index (χ0) is 9.23. The maximum absolute atomic E-state index is 10.8. The fourth-order valence-electron chi connectivity index (χ4n) is 0.727. The summed E-state index contributed by atoms with van der Waals surface area (Å²) in [6, 6.07) is 0. The van der Waals surface area contributed by atoms with E-state index in [1.165, 1.54) is 0 Å². The van der Waals surface area contributed by atoms with Crippen LogP contribution < -0.4 is 5.32 Å². The Morgan fingerprint density at radius 3 is 2.92 bits per heavy atom. The monoisotopic (exact) mass is 171 g/mol. The van der Waals surface area contributed by atoms with E-state index in [9.17, 15) is 4.79 Å². The summed E-state index contributed by atoms with van der Waals surface area (Å²) in [7, 11) is 0. The van der Waals surface area contributed by atoms with Gasteiger partial charge in [0.15, 0.2) is 0 Å². The normalized spacial score (nSPS) is 10.5. The maximum Gasteiger partial charge on any atom is 0.307 e. The van der Waals surface area contributed by atoms with Crippen LogP contribution in [0.25, 0.3) is 0 Å². The molecule has 0 aromatic carbocycles. The lowest BCUT2D eigenvalue weighted by Gasteiger charge is -2.01. The van der Waals surface area contributed by atoms with Crippen LogP contribution in [-0.4, -0.2) is 25.7 Å². The molecule has 0 fully saturated rings. The molecule has 3 nitrogen and oxygen atoms in total. The molecule has 0 heterocycles. The second kappa shape index (κ2) is 8.27. The van der Waals surface area contributed by atoms with E-state index in [-0.39, 0.29) is 5.97 Å². The van der Waals surface area contributed by atoms with Gasteiger partial charge in [-0.3, -0.25) is 4.79 Å². The highest BCUT2D eigenvalue weighted by atomic mass is 16.5. The van der Waals surface area contributed by atoms with Crippen molar-refractivity contribution >= 4 is 5.97 Å². The summed E-state index contributed by atoms with van der Waals surface area (Å²) in [5, 5.41) is 3.09. The lowest BCUT2D eigenvalue weighted by molar-refractivity contribution is -0.142. The van der Waals surface area contributed by atoms with Crippen LogP contribution in [0.15, 0.2) is 12.2 Å². The quantitative estimate of drug-likeness (QED) is 0.369. The molecule has 0 saturated heterocycles. The van der Waals surface area contributed by atoms with Crippen molar-refractivity contribution in [3.8, 4) is 0 Å². The van der Waals surface area contributed by atoms with E-state index >= 15 is 0 Å². The van der Waals surface area contributed by atoms with Crippen LogP contribution in [0.3, 0.4) is 0 Å². The number of carbonyl (C=O) groups excluding carboxylic acids is 1. The minimum absolute atomic E-state index is 0.134. The van der Waals surface area contributed by atoms with Gasteiger partial charge in [0.2, 0.25) is 0 Å². The number of hydrogen-bond acceptors (Lipinski definition) is 3. The van der Waals surface area contributed by atoms with Gasteiger partial charge in [-0.25, -0.2) is 0 Å². The Bertz CT molecular complexity index is 143. The van der Waals surface area contributed by atoms with E-state index in [1.807, 2.05) is 26.0 Å². The van der Waals surface area contributed by atoms with Gasteiger partial charge in [0.25, 0.3) is 0 Å². The standard InChI is InChI=1S/C9H17NO2/c1-3-5-7-10-8-6-9(11)12-4-2/h3,5,10H,4,6-8H2,1-2H3. The Hall–Kier alpha value is -0.830. The predicted octanol–water partition coefficient (Wildman–Crippen LogP) is 1.11. The first-order valence-electron chi connectivity index (χ1n) is 4.28. The molecule has 3 heteroatoms. The zero-order valence-electron chi connectivity index (χ0n) is 7.80. The summed E-state index contributed by atoms with van der Waals surface area (Å²) in [5.41, 5.74) is 0. The van der Waals surface area contributed by atoms with Crippen molar-refractivity contribution < 1.29 is 9.53 Å². The number of hydrogen-bond donors (Lipinski definition) is 1. The van der Waals surface area contributed by atoms with Gasteiger partial charge in [-0.05, 0) is 13.8 Å². The molecule has 0 aliphatic rings. The van der Waals surface area contributed by atoms with E-state index in [0.717, 1.165) is 6.54 Å². The third-order valence-electron chi connectivity index (χ3n) is 1.31. The minimum Gasteiger partial charge on any atom is -0.466 e. The largest absolute Gasteiger partial charge is 0.466 e. The zero-order valence-corrected chi connectivity index (χ0v) is 7.80. The number of allylic oxidation sites excluding steroid dienone is 1. The number of nitrogens with one attached hydrogen (secondary N) is 1. The summed E-state index contributed by atoms with van der Waals surface area (Å²) < 4.78 is 4.75. The molecule has 0 bridgehead atoms. The minimum atomic E-state index is -0.134. The highest BCUT2D eigenvalue weighted by molar-refractivity contribution is 5.69. The van der Waals surface area contributed by atoms with Gasteiger partial charge in [0, 0.05) is 13.1 Å². The van der Waals surface area contributed by atoms with E-state index in [0.29, 0.717) is 19.6 Å². The van der Waals surface area contributed by atoms with Gasteiger partial charge in [-0.1, -0.05) is 12.2 Å². The Balaban J connectivity index is 3.13. The van der Waals surface area contributed by atoms with Crippen LogP contribution in [0.5, 0.6) is 0 Å². The molecule has 0 saturated carbocycles. The fraction of sp³-hybridized carbons (Fsp3) is 0.667. The molecule has 0 atom stereocenters. The second-order valence-corrected chi connectivity index (χ2v) is 2.33. The van der Waals surface area contributed by atoms with E-state index in [4.69, 9.17) is 4.74 Å². The lowest BCUT2D eigenvalue weighted by Crippen LogP contribution is -2.19. The van der Waals surface area contributed by atoms with Crippen molar-refractivity contribution in [3.63, 3.8) is 0 Å². The van der Waals surface area contributed by atoms with Gasteiger partial charge in [-0.2, -0.15) is 0 Å². The van der Waals surface area contributed by atoms with Crippen LogP contribution in [0.4, 0.5) is 0 Å². The molecule has 0 aliphatic heterocycles. The Morgan fingerprint density at radius 1 is 1.58 bits per heavy atom. The number of ether oxygens (including phenoxy) is 1. The summed E-state index contributed by atoms with van der Waals surface area (Å²) in [6.45, 7) is 5.74. The van der Waals surface area contributed by atoms with Crippen LogP contribution in [0.1, 0.15) is 20.3 Å². The summed E-state index contributed by atoms with van der Waals surface area (Å²) in [5.74, 6) is -0.134. The molecule has 0 radical (unpaired) electrons. The SMILES string of the molecule is CC=CCNCCC(=O)OCC. The van der Waals surface area contributed by atoms with Gasteiger partial charge >= 0.3 is 5.97 Å². The Labute approximate surface area is 73.8 Å². The molecular weight excluding hydrogens is 154 g/mol. The van der Waals surface area contributed by atoms with E-state index < -0.39 is 0 Å². The van der Waals surface area contributed by atoms with Crippen LogP contribution in [-0.2, 0) is 9.53 Å². The first-order valence-corrected chi connectivity index (χ1v) is 4.28. The van der Waals surface area contributed by atoms with Crippen molar-refractivity contribution in [2.45, 2.75) is 20.3 Å². The number of carbonyl (C=O) groups is 1. The summed E-state index contributed by atoms with van der Waals surface area (Å²) >= 11 is 0. The molecule has 12 heavy (non-hydrogen) atoms. The summed E-state index contributed by atoms with van der Waals surface area (Å²) in [6.07, 6.45) is 4.42. The topological polar surface area (TPSA) is 38.3 Å². The first kappa shape index (κ1) is 11.2. The molecular formula is C9H17NO2. The molecule has 0 aromatic rings. The molecule has 0 unspecified atom stereocenters. The molecule has 0 aromatic heterocycles. The second-order valence-electron chi connectivity index (χ2n) is 2.33. The van der Waals surface area contributed by atoms with Crippen LogP contribution in [0.2, 0.25) is 0 Å².